The molecule has 1 heterocycles. The van der Waals surface area contributed by atoms with E-state index in [1.807, 2.05) is 0 Å². The Morgan fingerprint density at radius 1 is 0.947 bits per heavy atom. The van der Waals surface area contributed by atoms with Gasteiger partial charge < -0.3 is 0 Å². The molecule has 2 aromatic rings. The zero-order valence-electron chi connectivity index (χ0n) is 8.58. The maximum absolute atomic E-state index is 13.5. The van der Waals surface area contributed by atoms with Crippen molar-refractivity contribution in [2.75, 3.05) is 0 Å². The molecular weight excluding hydrogens is 336 g/mol. The fourth-order valence-electron chi connectivity index (χ4n) is 1.24. The van der Waals surface area contributed by atoms with Crippen molar-refractivity contribution in [1.29, 1.82) is 0 Å². The summed E-state index contributed by atoms with van der Waals surface area (Å²) >= 11 is 11.0. The van der Waals surface area contributed by atoms with Crippen molar-refractivity contribution in [1.82, 2.24) is 13.9 Å². The number of H-pyrrole nitrogens is 2. The monoisotopic (exact) mass is 338 g/mol. The van der Waals surface area contributed by atoms with E-state index in [4.69, 9.17) is 23.4 Å². The van der Waals surface area contributed by atoms with E-state index in [2.05, 4.69) is 9.59 Å². The van der Waals surface area contributed by atoms with Gasteiger partial charge in [-0.3, -0.25) is 5.10 Å². The summed E-state index contributed by atoms with van der Waals surface area (Å²) in [6.45, 7) is 0. The van der Waals surface area contributed by atoms with Crippen LogP contribution in [0.4, 0.5) is 22.0 Å². The van der Waals surface area contributed by atoms with Gasteiger partial charge in [0.2, 0.25) is 34.5 Å². The summed E-state index contributed by atoms with van der Waals surface area (Å²) in [6.07, 6.45) is 0. The fourth-order valence-corrected chi connectivity index (χ4v) is 3.26. The van der Waals surface area contributed by atoms with Crippen molar-refractivity contribution in [3.05, 3.63) is 39.6 Å². The molecule has 0 fully saturated rings. The molecule has 1 aromatic heterocycles. The van der Waals surface area contributed by atoms with Crippen LogP contribution < -0.4 is 0 Å². The zero-order valence-corrected chi connectivity index (χ0v) is 10.9. The molecule has 19 heavy (non-hydrogen) atoms. The third-order valence-electron chi connectivity index (χ3n) is 1.99. The van der Waals surface area contributed by atoms with Gasteiger partial charge in [-0.05, 0) is 0 Å². The van der Waals surface area contributed by atoms with Gasteiger partial charge in [0.15, 0.2) is 5.15 Å². The van der Waals surface area contributed by atoms with Gasteiger partial charge >= 0.3 is 0 Å². The van der Waals surface area contributed by atoms with Gasteiger partial charge in [0, 0.05) is 0 Å². The Hall–Kier alpha value is -1.19. The summed E-state index contributed by atoms with van der Waals surface area (Å²) in [5, 5.41) is 3.16. The summed E-state index contributed by atoms with van der Waals surface area (Å²) in [4.78, 5) is -1.05. The molecule has 0 radical (unpaired) electrons. The van der Waals surface area contributed by atoms with Crippen molar-refractivity contribution in [2.45, 2.75) is 0 Å². The van der Waals surface area contributed by atoms with Gasteiger partial charge in [-0.25, -0.2) is 13.2 Å². The molecule has 3 nitrogen and oxygen atoms in total. The molecule has 0 bridgehead atoms. The van der Waals surface area contributed by atoms with Crippen LogP contribution in [0.5, 0.6) is 0 Å². The van der Waals surface area contributed by atoms with E-state index in [0.717, 1.165) is 5.38 Å². The highest BCUT2D eigenvalue weighted by Crippen LogP contribution is 2.36. The van der Waals surface area contributed by atoms with Gasteiger partial charge in [0.05, 0.1) is 11.8 Å². The molecule has 1 atom stereocenters. The Labute approximate surface area is 115 Å². The van der Waals surface area contributed by atoms with Crippen LogP contribution in [0.2, 0.25) is 5.15 Å². The molecule has 0 spiro atoms. The summed E-state index contributed by atoms with van der Waals surface area (Å²) in [6, 6.07) is 0. The normalized spacial score (nSPS) is 11.8. The first-order valence-electron chi connectivity index (χ1n) is 4.43. The fraction of sp³-hybridized carbons (Fsp3) is 0. The summed E-state index contributed by atoms with van der Waals surface area (Å²) < 4.78 is 68.9. The third kappa shape index (κ3) is 2.45. The number of aromatic amines is 2. The van der Waals surface area contributed by atoms with E-state index >= 15 is 0 Å². The van der Waals surface area contributed by atoms with Crippen LogP contribution in [0.3, 0.4) is 0 Å². The lowest BCUT2D eigenvalue weighted by atomic mass is 10.3. The molecule has 0 saturated heterocycles. The molecule has 0 aliphatic carbocycles. The van der Waals surface area contributed by atoms with E-state index < -0.39 is 44.6 Å². The van der Waals surface area contributed by atoms with Gasteiger partial charge in [0.25, 0.3) is 4.90 Å². The number of benzene rings is 1. The maximum atomic E-state index is 13.5. The molecular formula is C8H3Cl2F5N3S+. The molecule has 11 heteroatoms. The number of hydrogen-bond acceptors (Lipinski definition) is 0. The van der Waals surface area contributed by atoms with Crippen molar-refractivity contribution >= 4 is 34.0 Å². The third-order valence-corrected chi connectivity index (χ3v) is 4.24. The van der Waals surface area contributed by atoms with E-state index in [0.29, 0.717) is 4.32 Å². The van der Waals surface area contributed by atoms with Crippen LogP contribution in [-0.2, 0) is 0 Å². The van der Waals surface area contributed by atoms with Crippen LogP contribution in [0, 0.1) is 29.1 Å². The first-order chi connectivity index (χ1) is 8.82. The molecule has 0 amide bonds. The quantitative estimate of drug-likeness (QED) is 0.335. The van der Waals surface area contributed by atoms with E-state index in [9.17, 15) is 22.0 Å². The SMILES string of the molecule is Fc1c(F)c(F)c(-[s+]2cc(Cl)[nH]n(Cl)[nH]2)c(F)c1F. The van der Waals surface area contributed by atoms with Crippen LogP contribution in [-0.4, -0.2) is 13.9 Å². The number of nitrogens with zero attached hydrogens (tertiary/aromatic N) is 1. The predicted molar refractivity (Wildman–Crippen MR) is 60.6 cm³/mol. The molecule has 1 aromatic carbocycles. The largest absolute Gasteiger partial charge is 0.279 e. The highest BCUT2D eigenvalue weighted by atomic mass is 35.5. The van der Waals surface area contributed by atoms with Gasteiger partial charge in [-0.2, -0.15) is 8.78 Å². The van der Waals surface area contributed by atoms with Crippen LogP contribution in [0.25, 0.3) is 4.90 Å². The molecule has 0 aliphatic heterocycles. The number of nitrogens with one attached hydrogen (secondary N) is 2. The highest BCUT2D eigenvalue weighted by Gasteiger charge is 2.33. The summed E-state index contributed by atoms with van der Waals surface area (Å²) in [5.74, 6) is -10.2. The van der Waals surface area contributed by atoms with Crippen LogP contribution in [0.15, 0.2) is 5.38 Å². The molecule has 1 unspecified atom stereocenters. The lowest BCUT2D eigenvalue weighted by Gasteiger charge is -2.03. The second-order valence-electron chi connectivity index (χ2n) is 3.19. The average molecular weight is 339 g/mol. The Kier molecular flexibility index (Phi) is 3.79. The second kappa shape index (κ2) is 5.06. The van der Waals surface area contributed by atoms with E-state index in [1.165, 1.54) is 0 Å². The van der Waals surface area contributed by atoms with Gasteiger partial charge in [-0.15, -0.1) is 0 Å². The Morgan fingerprint density at radius 3 is 1.89 bits per heavy atom. The summed E-state index contributed by atoms with van der Waals surface area (Å²) in [7, 11) is -1.73. The first kappa shape index (κ1) is 14.2. The highest BCUT2D eigenvalue weighted by molar-refractivity contribution is 7.33. The predicted octanol–water partition coefficient (Wildman–Crippen LogP) is 4.36. The Balaban J connectivity index is 2.82. The minimum Gasteiger partial charge on any atom is -0.250 e. The van der Waals surface area contributed by atoms with Crippen LogP contribution >= 0.6 is 34.0 Å². The number of aromatic nitrogens is 3. The molecule has 0 saturated carbocycles. The van der Waals surface area contributed by atoms with E-state index in [-0.39, 0.29) is 5.15 Å². The van der Waals surface area contributed by atoms with Crippen molar-refractivity contribution in [3.63, 3.8) is 0 Å². The van der Waals surface area contributed by atoms with Gasteiger partial charge in [0.1, 0.15) is 10.7 Å². The smallest absolute Gasteiger partial charge is 0.250 e. The van der Waals surface area contributed by atoms with Crippen LogP contribution in [0.1, 0.15) is 0 Å². The number of hydrogen-bond donors (Lipinski definition) is 2. The Morgan fingerprint density at radius 2 is 1.42 bits per heavy atom. The second-order valence-corrected chi connectivity index (χ2v) is 5.43. The minimum atomic E-state index is -2.23. The first-order valence-corrected chi connectivity index (χ1v) is 6.44. The molecule has 2 rings (SSSR count). The van der Waals surface area contributed by atoms with E-state index in [1.54, 1.807) is 0 Å². The molecule has 104 valence electrons. The topological polar surface area (TPSA) is 36.5 Å². The summed E-state index contributed by atoms with van der Waals surface area (Å²) in [5.41, 5.74) is 0. The number of rotatable bonds is 1. The maximum Gasteiger partial charge on any atom is 0.279 e. The van der Waals surface area contributed by atoms with Crippen molar-refractivity contribution in [2.24, 2.45) is 0 Å². The van der Waals surface area contributed by atoms with Crippen molar-refractivity contribution < 1.29 is 22.0 Å². The lowest BCUT2D eigenvalue weighted by Crippen LogP contribution is -2.04. The van der Waals surface area contributed by atoms with Crippen molar-refractivity contribution in [3.8, 4) is 4.90 Å². The molecule has 0 aliphatic rings. The Bertz CT molecular complexity index is 635. The standard InChI is InChI=1S/C8H3Cl2F5N3S/c9-2-1-19(17-18(10)16-2)8-6(14)4(12)3(11)5(13)7(8)15/h1,16-17H/q+1. The zero-order chi connectivity index (χ0) is 14.3. The molecule has 2 N–H and O–H groups in total. The lowest BCUT2D eigenvalue weighted by molar-refractivity contribution is 0.383. The van der Waals surface area contributed by atoms with Gasteiger partial charge in [-0.1, -0.05) is 20.4 Å². The minimum absolute atomic E-state index is 0.138. The average Bonchev–Trinajstić information content (AvgIpc) is 2.33. The number of halogens is 7.